The molecule has 0 aliphatic carbocycles. The van der Waals surface area contributed by atoms with Gasteiger partial charge in [-0.3, -0.25) is 4.79 Å². The van der Waals surface area contributed by atoms with E-state index in [4.69, 9.17) is 11.6 Å². The highest BCUT2D eigenvalue weighted by molar-refractivity contribution is 7.91. The summed E-state index contributed by atoms with van der Waals surface area (Å²) in [4.78, 5) is 12.2. The summed E-state index contributed by atoms with van der Waals surface area (Å²) in [5.41, 5.74) is 2.74. The standard InChI is InChI=1S/C18H20ClNO3S/c1-3-14-8-6-7-13(2)18(14)20-17(21)11-12-24(22,23)16-10-5-4-9-15(16)19/h4-10H,3,11-12H2,1-2H3,(H,20,21). The first-order valence-corrected chi connectivity index (χ1v) is 9.74. The zero-order chi connectivity index (χ0) is 17.7. The van der Waals surface area contributed by atoms with Crippen LogP contribution in [0.5, 0.6) is 0 Å². The number of sulfone groups is 1. The van der Waals surface area contributed by atoms with E-state index in [1.807, 2.05) is 32.0 Å². The lowest BCUT2D eigenvalue weighted by molar-refractivity contribution is -0.115. The molecule has 0 saturated heterocycles. The Morgan fingerprint density at radius 2 is 1.83 bits per heavy atom. The lowest BCUT2D eigenvalue weighted by atomic mass is 10.1. The van der Waals surface area contributed by atoms with E-state index in [-0.39, 0.29) is 28.0 Å². The molecule has 24 heavy (non-hydrogen) atoms. The molecule has 2 aromatic carbocycles. The number of halogens is 1. The van der Waals surface area contributed by atoms with Crippen LogP contribution in [-0.4, -0.2) is 20.1 Å². The van der Waals surface area contributed by atoms with Crippen molar-refractivity contribution in [1.82, 2.24) is 0 Å². The Morgan fingerprint density at radius 1 is 1.12 bits per heavy atom. The van der Waals surface area contributed by atoms with Crippen LogP contribution in [0.3, 0.4) is 0 Å². The Labute approximate surface area is 147 Å². The Balaban J connectivity index is 2.08. The van der Waals surface area contributed by atoms with Crippen LogP contribution >= 0.6 is 11.6 Å². The summed E-state index contributed by atoms with van der Waals surface area (Å²) in [6, 6.07) is 12.0. The van der Waals surface area contributed by atoms with E-state index in [0.29, 0.717) is 0 Å². The van der Waals surface area contributed by atoms with Gasteiger partial charge >= 0.3 is 0 Å². The van der Waals surface area contributed by atoms with E-state index >= 15 is 0 Å². The molecule has 0 aliphatic heterocycles. The number of anilines is 1. The van der Waals surface area contributed by atoms with Gasteiger partial charge in [0.05, 0.1) is 15.7 Å². The summed E-state index contributed by atoms with van der Waals surface area (Å²) >= 11 is 5.93. The quantitative estimate of drug-likeness (QED) is 0.841. The number of carbonyl (C=O) groups is 1. The van der Waals surface area contributed by atoms with E-state index in [1.165, 1.54) is 12.1 Å². The van der Waals surface area contributed by atoms with Gasteiger partial charge in [-0.05, 0) is 36.6 Å². The summed E-state index contributed by atoms with van der Waals surface area (Å²) in [5, 5.41) is 3.00. The minimum absolute atomic E-state index is 0.0598. The highest BCUT2D eigenvalue weighted by Gasteiger charge is 2.19. The SMILES string of the molecule is CCc1cccc(C)c1NC(=O)CCS(=O)(=O)c1ccccc1Cl. The normalized spacial score (nSPS) is 11.3. The molecule has 0 heterocycles. The second kappa shape index (κ2) is 7.81. The minimum atomic E-state index is -3.60. The number of hydrogen-bond acceptors (Lipinski definition) is 3. The van der Waals surface area contributed by atoms with Crippen LogP contribution in [-0.2, 0) is 21.1 Å². The van der Waals surface area contributed by atoms with E-state index in [1.54, 1.807) is 12.1 Å². The zero-order valence-electron chi connectivity index (χ0n) is 13.7. The Morgan fingerprint density at radius 3 is 2.50 bits per heavy atom. The van der Waals surface area contributed by atoms with Crippen molar-refractivity contribution < 1.29 is 13.2 Å². The molecule has 2 rings (SSSR count). The van der Waals surface area contributed by atoms with Crippen LogP contribution in [0.25, 0.3) is 0 Å². The molecule has 0 radical (unpaired) electrons. The maximum absolute atomic E-state index is 12.3. The molecular weight excluding hydrogens is 346 g/mol. The number of carbonyl (C=O) groups excluding carboxylic acids is 1. The summed E-state index contributed by atoms with van der Waals surface area (Å²) in [5.74, 6) is -0.606. The number of para-hydroxylation sites is 1. The molecule has 4 nitrogen and oxygen atoms in total. The molecule has 0 unspecified atom stereocenters. The largest absolute Gasteiger partial charge is 0.326 e. The molecule has 2 aromatic rings. The molecule has 0 spiro atoms. The van der Waals surface area contributed by atoms with Crippen molar-refractivity contribution in [2.45, 2.75) is 31.6 Å². The number of nitrogens with one attached hydrogen (secondary N) is 1. The molecule has 1 N–H and O–H groups in total. The van der Waals surface area contributed by atoms with E-state index < -0.39 is 9.84 Å². The topological polar surface area (TPSA) is 63.2 Å². The van der Waals surface area contributed by atoms with E-state index in [2.05, 4.69) is 5.32 Å². The summed E-state index contributed by atoms with van der Waals surface area (Å²) in [7, 11) is -3.60. The first-order valence-electron chi connectivity index (χ1n) is 7.70. The molecule has 0 bridgehead atoms. The highest BCUT2D eigenvalue weighted by Crippen LogP contribution is 2.23. The molecule has 0 aliphatic rings. The van der Waals surface area contributed by atoms with Crippen molar-refractivity contribution in [2.24, 2.45) is 0 Å². The van der Waals surface area contributed by atoms with Crippen molar-refractivity contribution in [3.05, 3.63) is 58.6 Å². The van der Waals surface area contributed by atoms with Gasteiger partial charge < -0.3 is 5.32 Å². The van der Waals surface area contributed by atoms with Crippen molar-refractivity contribution in [3.63, 3.8) is 0 Å². The predicted molar refractivity (Wildman–Crippen MR) is 97.3 cm³/mol. The first kappa shape index (κ1) is 18.5. The average molecular weight is 366 g/mol. The predicted octanol–water partition coefficient (Wildman–Crippen LogP) is 4.01. The van der Waals surface area contributed by atoms with Crippen LogP contribution < -0.4 is 5.32 Å². The lowest BCUT2D eigenvalue weighted by Crippen LogP contribution is -2.19. The van der Waals surface area contributed by atoms with Crippen LogP contribution in [0.15, 0.2) is 47.4 Å². The van der Waals surface area contributed by atoms with E-state index in [9.17, 15) is 13.2 Å². The van der Waals surface area contributed by atoms with Crippen molar-refractivity contribution in [2.75, 3.05) is 11.1 Å². The van der Waals surface area contributed by atoms with Crippen LogP contribution in [0.1, 0.15) is 24.5 Å². The number of hydrogen-bond donors (Lipinski definition) is 1. The molecule has 1 amide bonds. The van der Waals surface area contributed by atoms with Gasteiger partial charge in [0, 0.05) is 12.1 Å². The van der Waals surface area contributed by atoms with Crippen LogP contribution in [0.2, 0.25) is 5.02 Å². The fourth-order valence-electron chi connectivity index (χ4n) is 2.44. The van der Waals surface area contributed by atoms with E-state index in [0.717, 1.165) is 23.2 Å². The third-order valence-corrected chi connectivity index (χ3v) is 5.98. The maximum Gasteiger partial charge on any atom is 0.225 e. The first-order chi connectivity index (χ1) is 11.3. The third kappa shape index (κ3) is 4.36. The molecule has 6 heteroatoms. The number of benzene rings is 2. The molecule has 0 atom stereocenters. The van der Waals surface area contributed by atoms with Gasteiger partial charge in [0.2, 0.25) is 5.91 Å². The van der Waals surface area contributed by atoms with Gasteiger partial charge in [-0.15, -0.1) is 0 Å². The van der Waals surface area contributed by atoms with Gasteiger partial charge in [-0.25, -0.2) is 8.42 Å². The van der Waals surface area contributed by atoms with Gasteiger partial charge in [0.1, 0.15) is 0 Å². The van der Waals surface area contributed by atoms with Crippen molar-refractivity contribution in [1.29, 1.82) is 0 Å². The average Bonchev–Trinajstić information content (AvgIpc) is 2.55. The van der Waals surface area contributed by atoms with Gasteiger partial charge in [0.15, 0.2) is 9.84 Å². The second-order valence-corrected chi connectivity index (χ2v) is 7.99. The fraction of sp³-hybridized carbons (Fsp3) is 0.278. The van der Waals surface area contributed by atoms with Gasteiger partial charge in [0.25, 0.3) is 0 Å². The Kier molecular flexibility index (Phi) is 6.02. The molecular formula is C18H20ClNO3S. The third-order valence-electron chi connectivity index (χ3n) is 3.77. The molecule has 128 valence electrons. The summed E-state index contributed by atoms with van der Waals surface area (Å²) in [6.07, 6.45) is 0.667. The van der Waals surface area contributed by atoms with Crippen LogP contribution in [0.4, 0.5) is 5.69 Å². The second-order valence-electron chi connectivity index (χ2n) is 5.51. The van der Waals surface area contributed by atoms with Gasteiger partial charge in [-0.2, -0.15) is 0 Å². The lowest BCUT2D eigenvalue weighted by Gasteiger charge is -2.13. The van der Waals surface area contributed by atoms with Crippen molar-refractivity contribution >= 4 is 33.0 Å². The number of amides is 1. The smallest absolute Gasteiger partial charge is 0.225 e. The zero-order valence-corrected chi connectivity index (χ0v) is 15.2. The van der Waals surface area contributed by atoms with Crippen molar-refractivity contribution in [3.8, 4) is 0 Å². The Bertz CT molecular complexity index is 847. The number of aryl methyl sites for hydroxylation is 2. The minimum Gasteiger partial charge on any atom is -0.326 e. The monoisotopic (exact) mass is 365 g/mol. The Hall–Kier alpha value is -1.85. The maximum atomic E-state index is 12.3. The van der Waals surface area contributed by atoms with Gasteiger partial charge in [-0.1, -0.05) is 48.9 Å². The molecule has 0 fully saturated rings. The number of rotatable bonds is 6. The van der Waals surface area contributed by atoms with Crippen LogP contribution in [0, 0.1) is 6.92 Å². The summed E-state index contributed by atoms with van der Waals surface area (Å²) in [6.45, 7) is 3.92. The summed E-state index contributed by atoms with van der Waals surface area (Å²) < 4.78 is 24.7. The molecule has 0 aromatic heterocycles. The molecule has 0 saturated carbocycles. The highest BCUT2D eigenvalue weighted by atomic mass is 35.5. The fourth-order valence-corrected chi connectivity index (χ4v) is 4.25.